The molecule has 1 N–H and O–H groups in total. The van der Waals surface area contributed by atoms with E-state index in [0.29, 0.717) is 19.4 Å². The van der Waals surface area contributed by atoms with Gasteiger partial charge in [0.05, 0.1) is 37.2 Å². The number of aliphatic hydroxyl groups is 1. The van der Waals surface area contributed by atoms with Crippen LogP contribution in [0.25, 0.3) is 0 Å². The standard InChI is InChI=1S/C25H40N2O6/c1-7-10-16(6)26(13-8-2)23(30)21-25-12-11-18(33-25)19(24(31)32-9-3)20(25)22(29)27(21)17(14-28)15(4)5/h8,15-21,28H,2,7,9-14H2,1,3-6H3/t16?,17-,18+,19-,20-,21?,25?/m0/s1. The maximum atomic E-state index is 14.2. The number of likely N-dealkylation sites (tertiary alicyclic amines) is 1. The van der Waals surface area contributed by atoms with Crippen LogP contribution in [0.15, 0.2) is 12.7 Å². The molecule has 186 valence electrons. The van der Waals surface area contributed by atoms with Crippen molar-refractivity contribution >= 4 is 17.8 Å². The first-order chi connectivity index (χ1) is 15.7. The SMILES string of the molecule is C=CCN(C(=O)C1N([C@@H](CO)C(C)C)C(=O)[C@@H]2[C@@H](C(=O)OCC)[C@H]3CCC12O3)C(C)CCC. The number of hydrogen-bond acceptors (Lipinski definition) is 6. The van der Waals surface area contributed by atoms with Crippen LogP contribution in [0, 0.1) is 17.8 Å². The lowest BCUT2D eigenvalue weighted by Gasteiger charge is -2.41. The average Bonchev–Trinajstić information content (AvgIpc) is 3.40. The molecule has 3 saturated heterocycles. The lowest BCUT2D eigenvalue weighted by atomic mass is 9.70. The molecule has 0 aliphatic carbocycles. The predicted octanol–water partition coefficient (Wildman–Crippen LogP) is 2.14. The molecule has 0 saturated carbocycles. The molecule has 0 aromatic carbocycles. The smallest absolute Gasteiger partial charge is 0.312 e. The van der Waals surface area contributed by atoms with Crippen LogP contribution in [-0.2, 0) is 23.9 Å². The number of esters is 1. The zero-order chi connectivity index (χ0) is 24.5. The van der Waals surface area contributed by atoms with Crippen molar-refractivity contribution < 1.29 is 29.0 Å². The van der Waals surface area contributed by atoms with E-state index in [1.165, 1.54) is 0 Å². The van der Waals surface area contributed by atoms with E-state index in [2.05, 4.69) is 13.5 Å². The Bertz CT molecular complexity index is 770. The quantitative estimate of drug-likeness (QED) is 0.372. The number of rotatable bonds is 11. The number of fused-ring (bicyclic) bond motifs is 1. The van der Waals surface area contributed by atoms with Gasteiger partial charge in [-0.3, -0.25) is 14.4 Å². The third-order valence-electron chi connectivity index (χ3n) is 7.69. The highest BCUT2D eigenvalue weighted by atomic mass is 16.6. The van der Waals surface area contributed by atoms with Gasteiger partial charge in [0.2, 0.25) is 11.8 Å². The summed E-state index contributed by atoms with van der Waals surface area (Å²) in [5.74, 6) is -2.51. The largest absolute Gasteiger partial charge is 0.466 e. The minimum Gasteiger partial charge on any atom is -0.466 e. The van der Waals surface area contributed by atoms with Gasteiger partial charge < -0.3 is 24.4 Å². The van der Waals surface area contributed by atoms with Gasteiger partial charge in [-0.25, -0.2) is 0 Å². The Morgan fingerprint density at radius 3 is 2.61 bits per heavy atom. The summed E-state index contributed by atoms with van der Waals surface area (Å²) < 4.78 is 11.7. The van der Waals surface area contributed by atoms with Crippen LogP contribution in [0.4, 0.5) is 0 Å². The Morgan fingerprint density at radius 1 is 1.36 bits per heavy atom. The Kier molecular flexibility index (Phi) is 7.89. The molecule has 3 unspecified atom stereocenters. The molecule has 3 aliphatic heterocycles. The molecule has 2 bridgehead atoms. The van der Waals surface area contributed by atoms with Crippen LogP contribution in [0.3, 0.4) is 0 Å². The van der Waals surface area contributed by atoms with Gasteiger partial charge in [0.1, 0.15) is 11.6 Å². The van der Waals surface area contributed by atoms with Crippen LogP contribution in [-0.4, -0.2) is 82.3 Å². The van der Waals surface area contributed by atoms with Crippen molar-refractivity contribution in [2.75, 3.05) is 19.8 Å². The molecular weight excluding hydrogens is 424 g/mol. The molecule has 3 heterocycles. The minimum atomic E-state index is -1.08. The van der Waals surface area contributed by atoms with Gasteiger partial charge in [-0.15, -0.1) is 6.58 Å². The first-order valence-corrected chi connectivity index (χ1v) is 12.4. The van der Waals surface area contributed by atoms with Crippen molar-refractivity contribution in [1.29, 1.82) is 0 Å². The molecule has 7 atom stereocenters. The van der Waals surface area contributed by atoms with E-state index in [-0.39, 0.29) is 37.0 Å². The van der Waals surface area contributed by atoms with Gasteiger partial charge in [-0.05, 0) is 39.0 Å². The Morgan fingerprint density at radius 2 is 2.06 bits per heavy atom. The van der Waals surface area contributed by atoms with Gasteiger partial charge in [-0.2, -0.15) is 0 Å². The maximum absolute atomic E-state index is 14.2. The number of aliphatic hydroxyl groups excluding tert-OH is 1. The van der Waals surface area contributed by atoms with E-state index in [1.54, 1.807) is 22.8 Å². The Hall–Kier alpha value is -1.93. The highest BCUT2D eigenvalue weighted by Gasteiger charge is 2.75. The Labute approximate surface area is 197 Å². The van der Waals surface area contributed by atoms with Crippen molar-refractivity contribution in [2.45, 2.75) is 90.1 Å². The zero-order valence-electron chi connectivity index (χ0n) is 20.7. The minimum absolute atomic E-state index is 0.0426. The second kappa shape index (κ2) is 10.1. The second-order valence-corrected chi connectivity index (χ2v) is 9.96. The summed E-state index contributed by atoms with van der Waals surface area (Å²) in [5.41, 5.74) is -1.08. The van der Waals surface area contributed by atoms with Crippen LogP contribution >= 0.6 is 0 Å². The third-order valence-corrected chi connectivity index (χ3v) is 7.69. The summed E-state index contributed by atoms with van der Waals surface area (Å²) in [5, 5.41) is 10.2. The van der Waals surface area contributed by atoms with Crippen molar-refractivity contribution in [3.8, 4) is 0 Å². The normalized spacial score (nSPS) is 32.1. The third kappa shape index (κ3) is 4.09. The van der Waals surface area contributed by atoms with Crippen LogP contribution in [0.1, 0.15) is 60.3 Å². The summed E-state index contributed by atoms with van der Waals surface area (Å²) in [6, 6.07) is -1.48. The zero-order valence-corrected chi connectivity index (χ0v) is 20.7. The van der Waals surface area contributed by atoms with Gasteiger partial charge in [0.25, 0.3) is 0 Å². The highest BCUT2D eigenvalue weighted by molar-refractivity contribution is 5.98. The highest BCUT2D eigenvalue weighted by Crippen LogP contribution is 2.59. The summed E-state index contributed by atoms with van der Waals surface area (Å²) in [6.07, 6.45) is 4.13. The van der Waals surface area contributed by atoms with Crippen LogP contribution < -0.4 is 0 Å². The lowest BCUT2D eigenvalue weighted by molar-refractivity contribution is -0.157. The van der Waals surface area contributed by atoms with Crippen molar-refractivity contribution in [2.24, 2.45) is 17.8 Å². The van der Waals surface area contributed by atoms with Crippen molar-refractivity contribution in [1.82, 2.24) is 9.80 Å². The molecule has 33 heavy (non-hydrogen) atoms. The Balaban J connectivity index is 2.10. The second-order valence-electron chi connectivity index (χ2n) is 9.96. The van der Waals surface area contributed by atoms with Gasteiger partial charge in [-0.1, -0.05) is 33.3 Å². The fourth-order valence-electron chi connectivity index (χ4n) is 6.21. The van der Waals surface area contributed by atoms with E-state index in [0.717, 1.165) is 12.8 Å². The van der Waals surface area contributed by atoms with E-state index in [4.69, 9.17) is 9.47 Å². The van der Waals surface area contributed by atoms with Gasteiger partial charge in [0, 0.05) is 12.6 Å². The summed E-state index contributed by atoms with van der Waals surface area (Å²) in [6.45, 7) is 13.8. The van der Waals surface area contributed by atoms with E-state index in [1.807, 2.05) is 20.8 Å². The molecular formula is C25H40N2O6. The van der Waals surface area contributed by atoms with Crippen LogP contribution in [0.5, 0.6) is 0 Å². The van der Waals surface area contributed by atoms with E-state index in [9.17, 15) is 19.5 Å². The number of carbonyl (C=O) groups excluding carboxylic acids is 3. The fraction of sp³-hybridized carbons (Fsp3) is 0.800. The van der Waals surface area contributed by atoms with E-state index >= 15 is 0 Å². The first-order valence-electron chi connectivity index (χ1n) is 12.4. The fourth-order valence-corrected chi connectivity index (χ4v) is 6.21. The molecule has 0 aromatic rings. The molecule has 3 rings (SSSR count). The monoisotopic (exact) mass is 464 g/mol. The summed E-state index contributed by atoms with van der Waals surface area (Å²) in [7, 11) is 0. The number of nitrogens with zero attached hydrogens (tertiary/aromatic N) is 2. The number of ether oxygens (including phenoxy) is 2. The molecule has 3 aliphatic rings. The molecule has 2 amide bonds. The van der Waals surface area contributed by atoms with Gasteiger partial charge in [0.15, 0.2) is 0 Å². The number of amides is 2. The summed E-state index contributed by atoms with van der Waals surface area (Å²) >= 11 is 0. The molecule has 8 nitrogen and oxygen atoms in total. The van der Waals surface area contributed by atoms with Crippen molar-refractivity contribution in [3.63, 3.8) is 0 Å². The first kappa shape index (κ1) is 25.7. The molecule has 0 aromatic heterocycles. The van der Waals surface area contributed by atoms with Crippen molar-refractivity contribution in [3.05, 3.63) is 12.7 Å². The molecule has 0 radical (unpaired) electrons. The van der Waals surface area contributed by atoms with E-state index < -0.39 is 41.6 Å². The van der Waals surface area contributed by atoms with Gasteiger partial charge >= 0.3 is 5.97 Å². The lowest BCUT2D eigenvalue weighted by Crippen LogP contribution is -2.60. The maximum Gasteiger partial charge on any atom is 0.312 e. The topological polar surface area (TPSA) is 96.4 Å². The number of hydrogen-bond donors (Lipinski definition) is 1. The predicted molar refractivity (Wildman–Crippen MR) is 123 cm³/mol. The molecule has 8 heteroatoms. The number of carbonyl (C=O) groups is 3. The molecule has 1 spiro atoms. The summed E-state index contributed by atoms with van der Waals surface area (Å²) in [4.78, 5) is 44.3. The van der Waals surface area contributed by atoms with Crippen LogP contribution in [0.2, 0.25) is 0 Å². The molecule has 3 fully saturated rings. The average molecular weight is 465 g/mol.